The molecule has 1 saturated carbocycles. The van der Waals surface area contributed by atoms with Crippen molar-refractivity contribution < 1.29 is 17.9 Å². The van der Waals surface area contributed by atoms with E-state index in [1.54, 1.807) is 22.5 Å². The van der Waals surface area contributed by atoms with Crippen molar-refractivity contribution in [1.82, 2.24) is 9.62 Å². The largest absolute Gasteiger partial charge is 0.454 e. The van der Waals surface area contributed by atoms with Gasteiger partial charge in [0.15, 0.2) is 11.5 Å². The maximum absolute atomic E-state index is 12.8. The van der Waals surface area contributed by atoms with Crippen LogP contribution >= 0.6 is 0 Å². The first-order valence-electron chi connectivity index (χ1n) is 8.26. The maximum Gasteiger partial charge on any atom is 0.243 e. The minimum atomic E-state index is -3.46. The number of nitrogens with one attached hydrogen (secondary N) is 1. The number of piperidine rings is 1. The Morgan fingerprint density at radius 1 is 1.09 bits per heavy atom. The van der Waals surface area contributed by atoms with Gasteiger partial charge in [0.2, 0.25) is 16.8 Å². The first-order valence-corrected chi connectivity index (χ1v) is 9.70. The number of rotatable bonds is 5. The molecule has 23 heavy (non-hydrogen) atoms. The molecule has 3 aliphatic rings. The van der Waals surface area contributed by atoms with E-state index in [1.165, 1.54) is 12.8 Å². The summed E-state index contributed by atoms with van der Waals surface area (Å²) >= 11 is 0. The topological polar surface area (TPSA) is 67.9 Å². The lowest BCUT2D eigenvalue weighted by Crippen LogP contribution is -2.45. The zero-order valence-corrected chi connectivity index (χ0v) is 13.8. The van der Waals surface area contributed by atoms with E-state index in [1.807, 2.05) is 0 Å². The van der Waals surface area contributed by atoms with Crippen LogP contribution in [0.3, 0.4) is 0 Å². The molecule has 0 bridgehead atoms. The SMILES string of the molecule is O=S(=O)(c1ccc2c(c1)OCO2)N1CCC(NCC2CC2)CC1. The summed E-state index contributed by atoms with van der Waals surface area (Å²) in [6.45, 7) is 2.37. The van der Waals surface area contributed by atoms with Crippen LogP contribution < -0.4 is 14.8 Å². The molecule has 2 fully saturated rings. The van der Waals surface area contributed by atoms with Gasteiger partial charge in [0.25, 0.3) is 0 Å². The summed E-state index contributed by atoms with van der Waals surface area (Å²) < 4.78 is 37.7. The molecule has 4 rings (SSSR count). The smallest absolute Gasteiger partial charge is 0.243 e. The molecular weight excluding hydrogens is 316 g/mol. The molecule has 0 spiro atoms. The molecule has 1 aliphatic carbocycles. The lowest BCUT2D eigenvalue weighted by Gasteiger charge is -2.31. The number of hydrogen-bond acceptors (Lipinski definition) is 5. The van der Waals surface area contributed by atoms with Crippen molar-refractivity contribution in [2.24, 2.45) is 5.92 Å². The van der Waals surface area contributed by atoms with Gasteiger partial charge in [-0.05, 0) is 50.3 Å². The van der Waals surface area contributed by atoms with Crippen LogP contribution in [0.2, 0.25) is 0 Å². The third-order valence-corrected chi connectivity index (χ3v) is 6.72. The summed E-state index contributed by atoms with van der Waals surface area (Å²) in [5, 5.41) is 3.57. The average molecular weight is 338 g/mol. The monoisotopic (exact) mass is 338 g/mol. The third kappa shape index (κ3) is 3.18. The highest BCUT2D eigenvalue weighted by atomic mass is 32.2. The predicted molar refractivity (Wildman–Crippen MR) is 85.1 cm³/mol. The Balaban J connectivity index is 1.40. The quantitative estimate of drug-likeness (QED) is 0.883. The van der Waals surface area contributed by atoms with E-state index in [9.17, 15) is 8.42 Å². The summed E-state index contributed by atoms with van der Waals surface area (Å²) in [7, 11) is -3.46. The Morgan fingerprint density at radius 2 is 1.83 bits per heavy atom. The molecule has 1 saturated heterocycles. The summed E-state index contributed by atoms with van der Waals surface area (Å²) in [5.74, 6) is 1.96. The van der Waals surface area contributed by atoms with Crippen LogP contribution in [0.25, 0.3) is 0 Å². The molecular formula is C16H22N2O4S. The first-order chi connectivity index (χ1) is 11.1. The van der Waals surface area contributed by atoms with Gasteiger partial charge in [-0.3, -0.25) is 0 Å². The second kappa shape index (κ2) is 5.96. The summed E-state index contributed by atoms with van der Waals surface area (Å²) in [6.07, 6.45) is 4.42. The molecule has 1 aromatic carbocycles. The normalized spacial score (nSPS) is 22.4. The molecule has 1 N–H and O–H groups in total. The maximum atomic E-state index is 12.8. The number of hydrogen-bond donors (Lipinski definition) is 1. The lowest BCUT2D eigenvalue weighted by molar-refractivity contribution is 0.174. The second-order valence-electron chi connectivity index (χ2n) is 6.55. The molecule has 0 amide bonds. The number of ether oxygens (including phenoxy) is 2. The molecule has 2 aliphatic heterocycles. The van der Waals surface area contributed by atoms with Crippen molar-refractivity contribution in [3.8, 4) is 11.5 Å². The van der Waals surface area contributed by atoms with E-state index in [-0.39, 0.29) is 11.7 Å². The molecule has 0 atom stereocenters. The van der Waals surface area contributed by atoms with E-state index in [0.717, 1.165) is 25.3 Å². The number of fused-ring (bicyclic) bond motifs is 1. The number of nitrogens with zero attached hydrogens (tertiary/aromatic N) is 1. The van der Waals surface area contributed by atoms with E-state index >= 15 is 0 Å². The van der Waals surface area contributed by atoms with Crippen LogP contribution in [-0.4, -0.2) is 45.2 Å². The molecule has 6 nitrogen and oxygen atoms in total. The summed E-state index contributed by atoms with van der Waals surface area (Å²) in [4.78, 5) is 0.283. The number of benzene rings is 1. The zero-order chi connectivity index (χ0) is 15.9. The Hall–Kier alpha value is -1.31. The second-order valence-corrected chi connectivity index (χ2v) is 8.48. The van der Waals surface area contributed by atoms with Crippen LogP contribution in [0.5, 0.6) is 11.5 Å². The standard InChI is InChI=1S/C16H22N2O4S/c19-23(20,14-3-4-15-16(9-14)22-11-21-15)18-7-5-13(6-8-18)17-10-12-1-2-12/h3-4,9,12-13,17H,1-2,5-8,10-11H2. The highest BCUT2D eigenvalue weighted by molar-refractivity contribution is 7.89. The van der Waals surface area contributed by atoms with Crippen molar-refractivity contribution in [3.05, 3.63) is 18.2 Å². The van der Waals surface area contributed by atoms with E-state index < -0.39 is 10.0 Å². The molecule has 0 aromatic heterocycles. The van der Waals surface area contributed by atoms with Gasteiger partial charge in [-0.15, -0.1) is 0 Å². The molecule has 7 heteroatoms. The number of sulfonamides is 1. The van der Waals surface area contributed by atoms with Gasteiger partial charge in [-0.2, -0.15) is 4.31 Å². The van der Waals surface area contributed by atoms with Gasteiger partial charge in [0.05, 0.1) is 4.90 Å². The van der Waals surface area contributed by atoms with Crippen molar-refractivity contribution >= 4 is 10.0 Å². The molecule has 0 unspecified atom stereocenters. The van der Waals surface area contributed by atoms with Crippen LogP contribution in [0.1, 0.15) is 25.7 Å². The van der Waals surface area contributed by atoms with Gasteiger partial charge in [0.1, 0.15) is 0 Å². The van der Waals surface area contributed by atoms with Crippen LogP contribution in [-0.2, 0) is 10.0 Å². The molecule has 0 radical (unpaired) electrons. The van der Waals surface area contributed by atoms with E-state index in [0.29, 0.717) is 30.6 Å². The Labute approximate surface area is 136 Å². The van der Waals surface area contributed by atoms with E-state index in [2.05, 4.69) is 5.32 Å². The highest BCUT2D eigenvalue weighted by Gasteiger charge is 2.31. The van der Waals surface area contributed by atoms with Gasteiger partial charge in [-0.25, -0.2) is 8.42 Å². The summed E-state index contributed by atoms with van der Waals surface area (Å²) in [5.41, 5.74) is 0. The van der Waals surface area contributed by atoms with Gasteiger partial charge < -0.3 is 14.8 Å². The fourth-order valence-electron chi connectivity index (χ4n) is 3.14. The van der Waals surface area contributed by atoms with Crippen LogP contribution in [0, 0.1) is 5.92 Å². The third-order valence-electron chi connectivity index (χ3n) is 4.83. The van der Waals surface area contributed by atoms with Crippen molar-refractivity contribution in [1.29, 1.82) is 0 Å². The molecule has 2 heterocycles. The molecule has 126 valence electrons. The lowest BCUT2D eigenvalue weighted by atomic mass is 10.1. The fraction of sp³-hybridized carbons (Fsp3) is 0.625. The Bertz CT molecular complexity index is 679. The van der Waals surface area contributed by atoms with Crippen molar-refractivity contribution in [2.45, 2.75) is 36.6 Å². The van der Waals surface area contributed by atoms with E-state index in [4.69, 9.17) is 9.47 Å². The fourth-order valence-corrected chi connectivity index (χ4v) is 4.63. The first kappa shape index (κ1) is 15.2. The molecule has 1 aromatic rings. The van der Waals surface area contributed by atoms with Crippen LogP contribution in [0.4, 0.5) is 0 Å². The van der Waals surface area contributed by atoms with Gasteiger partial charge in [-0.1, -0.05) is 0 Å². The Morgan fingerprint density at radius 3 is 2.57 bits per heavy atom. The van der Waals surface area contributed by atoms with Crippen molar-refractivity contribution in [2.75, 3.05) is 26.4 Å². The zero-order valence-electron chi connectivity index (χ0n) is 13.0. The van der Waals surface area contributed by atoms with Crippen LogP contribution in [0.15, 0.2) is 23.1 Å². The Kier molecular flexibility index (Phi) is 3.95. The van der Waals surface area contributed by atoms with Gasteiger partial charge in [0, 0.05) is 25.2 Å². The minimum absolute atomic E-state index is 0.150. The minimum Gasteiger partial charge on any atom is -0.454 e. The van der Waals surface area contributed by atoms with Crippen molar-refractivity contribution in [3.63, 3.8) is 0 Å². The van der Waals surface area contributed by atoms with Gasteiger partial charge >= 0.3 is 0 Å². The summed E-state index contributed by atoms with van der Waals surface area (Å²) in [6, 6.07) is 5.27. The average Bonchev–Trinajstić information content (AvgIpc) is 3.28. The predicted octanol–water partition coefficient (Wildman–Crippen LogP) is 1.57. The highest BCUT2D eigenvalue weighted by Crippen LogP contribution is 2.35.